The van der Waals surface area contributed by atoms with Gasteiger partial charge in [-0.2, -0.15) is 0 Å². The van der Waals surface area contributed by atoms with Crippen LogP contribution in [0.15, 0.2) is 67.3 Å². The molecule has 2 aromatic carbocycles. The molecule has 308 valence electrons. The number of pyridine rings is 1. The van der Waals surface area contributed by atoms with Gasteiger partial charge in [0.05, 0.1) is 36.7 Å². The van der Waals surface area contributed by atoms with Crippen LogP contribution in [0, 0.1) is 11.3 Å². The monoisotopic (exact) mass is 813 g/mol. The van der Waals surface area contributed by atoms with Crippen LogP contribution in [0.5, 0.6) is 11.5 Å². The molecule has 4 aliphatic rings. The highest BCUT2D eigenvalue weighted by atomic mass is 32.2. The predicted molar refractivity (Wildman–Crippen MR) is 218 cm³/mol. The summed E-state index contributed by atoms with van der Waals surface area (Å²) in [5.74, 6) is -1.50. The van der Waals surface area contributed by atoms with Gasteiger partial charge in [0, 0.05) is 41.0 Å². The molecule has 2 saturated carbocycles. The van der Waals surface area contributed by atoms with Crippen molar-refractivity contribution in [2.24, 2.45) is 11.3 Å². The fourth-order valence-electron chi connectivity index (χ4n) is 7.69. The van der Waals surface area contributed by atoms with Crippen molar-refractivity contribution in [2.45, 2.75) is 94.7 Å². The van der Waals surface area contributed by atoms with E-state index in [1.807, 2.05) is 60.7 Å². The molecule has 0 unspecified atom stereocenters. The van der Waals surface area contributed by atoms with E-state index in [9.17, 15) is 27.6 Å². The minimum absolute atomic E-state index is 0.0170. The first kappa shape index (κ1) is 40.7. The van der Waals surface area contributed by atoms with Crippen molar-refractivity contribution in [3.63, 3.8) is 0 Å². The smallest absolute Gasteiger partial charge is 0.407 e. The molecule has 3 N–H and O–H groups in total. The van der Waals surface area contributed by atoms with Crippen molar-refractivity contribution in [2.75, 3.05) is 20.3 Å². The number of sulfonamides is 1. The van der Waals surface area contributed by atoms with Crippen LogP contribution in [0.1, 0.15) is 71.3 Å². The van der Waals surface area contributed by atoms with E-state index in [1.54, 1.807) is 27.9 Å². The number of hydrogen-bond acceptors (Lipinski definition) is 10. The van der Waals surface area contributed by atoms with E-state index in [0.717, 1.165) is 24.0 Å². The minimum Gasteiger partial charge on any atom is -0.496 e. The second-order valence-electron chi connectivity index (χ2n) is 16.6. The number of aromatic nitrogens is 1. The zero-order valence-corrected chi connectivity index (χ0v) is 34.1. The van der Waals surface area contributed by atoms with E-state index in [4.69, 9.17) is 19.2 Å². The Labute approximate surface area is 338 Å². The number of rotatable bonds is 8. The molecule has 2 aliphatic heterocycles. The van der Waals surface area contributed by atoms with E-state index in [-0.39, 0.29) is 26.0 Å². The Morgan fingerprint density at radius 2 is 1.86 bits per heavy atom. The number of hydrogen-bond donors (Lipinski definition) is 3. The Bertz CT molecular complexity index is 2250. The molecule has 4 bridgehead atoms. The molecule has 15 heteroatoms. The zero-order valence-electron chi connectivity index (χ0n) is 33.3. The summed E-state index contributed by atoms with van der Waals surface area (Å²) in [4.78, 5) is 62.3. The third-order valence-corrected chi connectivity index (χ3v) is 13.1. The maximum absolute atomic E-state index is 14.7. The largest absolute Gasteiger partial charge is 0.496 e. The summed E-state index contributed by atoms with van der Waals surface area (Å²) in [5.41, 5.74) is 0.513. The first-order valence-corrected chi connectivity index (χ1v) is 21.3. The number of cyclic esters (lactones) is 1. The molecule has 2 aliphatic carbocycles. The van der Waals surface area contributed by atoms with E-state index in [1.165, 1.54) is 11.0 Å². The maximum atomic E-state index is 14.7. The molecule has 3 aromatic rings. The molecule has 7 rings (SSSR count). The Balaban J connectivity index is 1.28. The van der Waals surface area contributed by atoms with Crippen LogP contribution >= 0.6 is 0 Å². The third kappa shape index (κ3) is 8.54. The number of allylic oxidation sites excluding steroid dienone is 1. The van der Waals surface area contributed by atoms with Crippen molar-refractivity contribution in [3.05, 3.63) is 72.8 Å². The summed E-state index contributed by atoms with van der Waals surface area (Å²) in [6.45, 7) is 9.29. The summed E-state index contributed by atoms with van der Waals surface area (Å²) < 4.78 is 45.9. The van der Waals surface area contributed by atoms with Gasteiger partial charge in [0.25, 0.3) is 5.91 Å². The number of nitrogens with zero attached hydrogens (tertiary/aromatic N) is 2. The average Bonchev–Trinajstić information content (AvgIpc) is 4.12. The Hall–Kier alpha value is -5.44. The fourth-order valence-corrected chi connectivity index (χ4v) is 9.05. The number of methoxy groups -OCH3 is 1. The summed E-state index contributed by atoms with van der Waals surface area (Å²) >= 11 is 0. The lowest BCUT2D eigenvalue weighted by Gasteiger charge is -2.35. The van der Waals surface area contributed by atoms with Crippen LogP contribution in [-0.2, 0) is 29.1 Å². The molecule has 3 fully saturated rings. The van der Waals surface area contributed by atoms with Gasteiger partial charge in [0.2, 0.25) is 21.8 Å². The van der Waals surface area contributed by atoms with Crippen LogP contribution in [0.4, 0.5) is 4.79 Å². The van der Waals surface area contributed by atoms with Gasteiger partial charge in [-0.25, -0.2) is 18.2 Å². The normalized spacial score (nSPS) is 25.9. The van der Waals surface area contributed by atoms with Crippen LogP contribution in [0.3, 0.4) is 0 Å². The molecular formula is C43H51N5O9S. The van der Waals surface area contributed by atoms with E-state index in [0.29, 0.717) is 47.4 Å². The second kappa shape index (κ2) is 16.1. The standard InChI is InChI=1S/C43H51N5O9S/c1-6-28-24-43(28,40(51)47-58(53,54)30-17-18-30)46-38(49)34-21-29-25-48(34)39(50)37(42(2,3)4)45-41(52)56-19-13-8-7-10-16-27-20-31-33(23-35(27)55-5)44-32(22-36(31)57-29)26-14-11-9-12-15-26/h6,9-12,14-16,20,22-23,28-30,34,37H,1,7-8,13,17-19,21,24-25H2,2-5H3,(H,45,52)(H,46,49)(H,47,51)/b16-10+/t28-,29+,34-,37+,43+/m0/s1. The molecule has 0 radical (unpaired) electrons. The van der Waals surface area contributed by atoms with Gasteiger partial charge in [0.1, 0.15) is 35.2 Å². The lowest BCUT2D eigenvalue weighted by Crippen LogP contribution is -2.60. The van der Waals surface area contributed by atoms with Crippen molar-refractivity contribution in [3.8, 4) is 22.8 Å². The third-order valence-electron chi connectivity index (χ3n) is 11.3. The molecule has 3 heterocycles. The lowest BCUT2D eigenvalue weighted by atomic mass is 9.85. The second-order valence-corrected chi connectivity index (χ2v) is 18.6. The maximum Gasteiger partial charge on any atom is 0.407 e. The number of benzene rings is 2. The van der Waals surface area contributed by atoms with Crippen LogP contribution in [-0.4, -0.2) is 91.4 Å². The SMILES string of the molecule is C=C[C@H]1C[C@]1(NC(=O)[C@@H]1C[C@@H]2CN1C(=O)[C@H](C(C)(C)C)NC(=O)OCCCC/C=C/c1cc3c(cc(-c4ccccc4)nc3cc1OC)O2)C(=O)NS(=O)(=O)C1CC1. The van der Waals surface area contributed by atoms with Gasteiger partial charge >= 0.3 is 6.09 Å². The van der Waals surface area contributed by atoms with Gasteiger partial charge in [-0.15, -0.1) is 6.58 Å². The van der Waals surface area contributed by atoms with E-state index >= 15 is 0 Å². The Kier molecular flexibility index (Phi) is 11.3. The van der Waals surface area contributed by atoms with Crippen molar-refractivity contribution in [1.82, 2.24) is 25.2 Å². The molecule has 1 aromatic heterocycles. The number of fused-ring (bicyclic) bond motifs is 3. The number of nitrogens with one attached hydrogen (secondary N) is 3. The van der Waals surface area contributed by atoms with Crippen molar-refractivity contribution in [1.29, 1.82) is 0 Å². The predicted octanol–water partition coefficient (Wildman–Crippen LogP) is 5.27. The summed E-state index contributed by atoms with van der Waals surface area (Å²) in [7, 11) is -2.32. The number of carbonyl (C=O) groups is 4. The summed E-state index contributed by atoms with van der Waals surface area (Å²) in [6.07, 6.45) is 7.11. The van der Waals surface area contributed by atoms with Crippen molar-refractivity contribution >= 4 is 50.8 Å². The Morgan fingerprint density at radius 1 is 1.10 bits per heavy atom. The Morgan fingerprint density at radius 3 is 2.53 bits per heavy atom. The summed E-state index contributed by atoms with van der Waals surface area (Å²) in [6, 6.07) is 13.0. The number of amides is 4. The molecule has 0 spiro atoms. The highest BCUT2D eigenvalue weighted by Gasteiger charge is 2.62. The quantitative estimate of drug-likeness (QED) is 0.254. The van der Waals surface area contributed by atoms with Gasteiger partial charge < -0.3 is 29.7 Å². The first-order valence-electron chi connectivity index (χ1n) is 19.8. The van der Waals surface area contributed by atoms with Crippen molar-refractivity contribution < 1.29 is 41.8 Å². The molecule has 14 nitrogen and oxygen atoms in total. The van der Waals surface area contributed by atoms with E-state index < -0.39 is 74.1 Å². The molecule has 1 saturated heterocycles. The molecular weight excluding hydrogens is 763 g/mol. The average molecular weight is 814 g/mol. The fraction of sp³-hybridized carbons (Fsp3) is 0.465. The van der Waals surface area contributed by atoms with Gasteiger partial charge in [0.15, 0.2) is 0 Å². The van der Waals surface area contributed by atoms with Crippen LogP contribution in [0.2, 0.25) is 0 Å². The number of ether oxygens (including phenoxy) is 3. The summed E-state index contributed by atoms with van der Waals surface area (Å²) in [5, 5.41) is 5.62. The van der Waals surface area contributed by atoms with Crippen LogP contribution < -0.4 is 24.8 Å². The number of alkyl carbamates (subject to hydrolysis) is 1. The first-order chi connectivity index (χ1) is 27.6. The lowest BCUT2D eigenvalue weighted by molar-refractivity contribution is -0.142. The minimum atomic E-state index is -3.92. The molecule has 4 amide bonds. The molecule has 58 heavy (non-hydrogen) atoms. The zero-order chi connectivity index (χ0) is 41.4. The molecule has 5 atom stereocenters. The van der Waals surface area contributed by atoms with E-state index in [2.05, 4.69) is 21.9 Å². The van der Waals surface area contributed by atoms with Crippen LogP contribution in [0.25, 0.3) is 28.2 Å². The van der Waals surface area contributed by atoms with Gasteiger partial charge in [-0.05, 0) is 50.0 Å². The number of carbonyl (C=O) groups excluding carboxylic acids is 4. The highest BCUT2D eigenvalue weighted by Crippen LogP contribution is 2.46. The topological polar surface area (TPSA) is 182 Å². The highest BCUT2D eigenvalue weighted by molar-refractivity contribution is 7.91. The van der Waals surface area contributed by atoms with Gasteiger partial charge in [-0.3, -0.25) is 19.1 Å². The van der Waals surface area contributed by atoms with Gasteiger partial charge in [-0.1, -0.05) is 69.3 Å².